The Hall–Kier alpha value is -2.82. The first-order valence-electron chi connectivity index (χ1n) is 8.56. The minimum absolute atomic E-state index is 0.649. The van der Waals surface area contributed by atoms with E-state index in [9.17, 15) is 10.2 Å². The second-order valence-corrected chi connectivity index (χ2v) is 6.63. The molecule has 0 aromatic heterocycles. The smallest absolute Gasteiger partial charge is 0.0979 e. The number of nitrogens with two attached hydrogens (primary N) is 2. The SMILES string of the molecule is CC1=C(N)C=CC(O)C1=Cc1ccc(C=C2C(C)=C(N)C=CC2O)cc1. The lowest BCUT2D eigenvalue weighted by atomic mass is 9.92. The molecule has 4 nitrogen and oxygen atoms in total. The molecule has 0 saturated carbocycles. The molecule has 0 saturated heterocycles. The van der Waals surface area contributed by atoms with Crippen LogP contribution in [-0.4, -0.2) is 22.4 Å². The lowest BCUT2D eigenvalue weighted by Crippen LogP contribution is -2.16. The maximum atomic E-state index is 10.2. The second-order valence-electron chi connectivity index (χ2n) is 6.63. The normalized spacial score (nSPS) is 26.3. The Morgan fingerprint density at radius 3 is 1.42 bits per heavy atom. The second kappa shape index (κ2) is 7.20. The Morgan fingerprint density at radius 1 is 0.731 bits per heavy atom. The van der Waals surface area contributed by atoms with Crippen molar-refractivity contribution in [1.29, 1.82) is 0 Å². The van der Waals surface area contributed by atoms with Gasteiger partial charge in [-0.2, -0.15) is 0 Å². The van der Waals surface area contributed by atoms with Crippen LogP contribution in [0, 0.1) is 0 Å². The zero-order chi connectivity index (χ0) is 18.8. The van der Waals surface area contributed by atoms with E-state index < -0.39 is 12.2 Å². The number of allylic oxidation sites excluding steroid dienone is 2. The van der Waals surface area contributed by atoms with Crippen LogP contribution in [0.1, 0.15) is 25.0 Å². The molecule has 3 rings (SSSR count). The molecule has 1 aromatic rings. The Labute approximate surface area is 153 Å². The average Bonchev–Trinajstić information content (AvgIpc) is 2.63. The van der Waals surface area contributed by atoms with E-state index in [2.05, 4.69) is 0 Å². The summed E-state index contributed by atoms with van der Waals surface area (Å²) < 4.78 is 0. The van der Waals surface area contributed by atoms with Gasteiger partial charge in [0.15, 0.2) is 0 Å². The highest BCUT2D eigenvalue weighted by Crippen LogP contribution is 2.27. The first kappa shape index (κ1) is 18.0. The van der Waals surface area contributed by atoms with Crippen molar-refractivity contribution in [3.8, 4) is 0 Å². The van der Waals surface area contributed by atoms with Gasteiger partial charge in [0.2, 0.25) is 0 Å². The van der Waals surface area contributed by atoms with Crippen LogP contribution < -0.4 is 11.5 Å². The molecule has 0 heterocycles. The predicted octanol–water partition coefficient (Wildman–Crippen LogP) is 2.78. The van der Waals surface area contributed by atoms with Gasteiger partial charge < -0.3 is 21.7 Å². The number of rotatable bonds is 2. The van der Waals surface area contributed by atoms with E-state index in [0.29, 0.717) is 11.4 Å². The van der Waals surface area contributed by atoms with Crippen molar-refractivity contribution in [2.24, 2.45) is 11.5 Å². The van der Waals surface area contributed by atoms with Crippen LogP contribution in [0.5, 0.6) is 0 Å². The van der Waals surface area contributed by atoms with Gasteiger partial charge in [-0.25, -0.2) is 0 Å². The van der Waals surface area contributed by atoms with Crippen molar-refractivity contribution in [3.05, 3.63) is 93.4 Å². The van der Waals surface area contributed by atoms with Crippen molar-refractivity contribution >= 4 is 12.2 Å². The van der Waals surface area contributed by atoms with E-state index in [1.165, 1.54) is 0 Å². The minimum Gasteiger partial charge on any atom is -0.399 e. The van der Waals surface area contributed by atoms with Gasteiger partial charge in [-0.3, -0.25) is 0 Å². The summed E-state index contributed by atoms with van der Waals surface area (Å²) >= 11 is 0. The van der Waals surface area contributed by atoms with Crippen molar-refractivity contribution in [2.75, 3.05) is 0 Å². The molecule has 26 heavy (non-hydrogen) atoms. The van der Waals surface area contributed by atoms with Gasteiger partial charge in [-0.05, 0) is 83.7 Å². The number of hydrogen-bond donors (Lipinski definition) is 4. The van der Waals surface area contributed by atoms with E-state index in [1.54, 1.807) is 24.3 Å². The van der Waals surface area contributed by atoms with Crippen LogP contribution in [-0.2, 0) is 0 Å². The maximum absolute atomic E-state index is 10.2. The Balaban J connectivity index is 1.88. The van der Waals surface area contributed by atoms with E-state index in [0.717, 1.165) is 33.4 Å². The summed E-state index contributed by atoms with van der Waals surface area (Å²) in [6.07, 6.45) is 9.42. The van der Waals surface area contributed by atoms with Gasteiger partial charge in [0, 0.05) is 11.4 Å². The monoisotopic (exact) mass is 348 g/mol. The fourth-order valence-corrected chi connectivity index (χ4v) is 3.06. The Morgan fingerprint density at radius 2 is 1.08 bits per heavy atom. The average molecular weight is 348 g/mol. The summed E-state index contributed by atoms with van der Waals surface area (Å²) in [5.41, 5.74) is 18.5. The number of benzene rings is 1. The lowest BCUT2D eigenvalue weighted by Gasteiger charge is -2.19. The highest BCUT2D eigenvalue weighted by atomic mass is 16.3. The third-order valence-electron chi connectivity index (χ3n) is 4.87. The molecule has 0 aliphatic heterocycles. The molecule has 0 bridgehead atoms. The summed E-state index contributed by atoms with van der Waals surface area (Å²) in [5, 5.41) is 20.3. The highest BCUT2D eigenvalue weighted by Gasteiger charge is 2.17. The fraction of sp³-hybridized carbons (Fsp3) is 0.182. The van der Waals surface area contributed by atoms with Crippen LogP contribution in [0.2, 0.25) is 0 Å². The van der Waals surface area contributed by atoms with Crippen LogP contribution in [0.25, 0.3) is 12.2 Å². The molecule has 134 valence electrons. The highest BCUT2D eigenvalue weighted by molar-refractivity contribution is 5.67. The molecule has 1 aromatic carbocycles. The zero-order valence-electron chi connectivity index (χ0n) is 15.0. The number of hydrogen-bond acceptors (Lipinski definition) is 4. The summed E-state index contributed by atoms with van der Waals surface area (Å²) in [4.78, 5) is 0. The van der Waals surface area contributed by atoms with Crippen LogP contribution in [0.3, 0.4) is 0 Å². The number of aliphatic hydroxyl groups is 2. The predicted molar refractivity (Wildman–Crippen MR) is 106 cm³/mol. The van der Waals surface area contributed by atoms with E-state index in [4.69, 9.17) is 11.5 Å². The Bertz CT molecular complexity index is 822. The minimum atomic E-state index is -0.649. The molecule has 0 spiro atoms. The van der Waals surface area contributed by atoms with Crippen molar-refractivity contribution in [3.63, 3.8) is 0 Å². The summed E-state index contributed by atoms with van der Waals surface area (Å²) in [6.45, 7) is 3.81. The van der Waals surface area contributed by atoms with Crippen LogP contribution in [0.4, 0.5) is 0 Å². The quantitative estimate of drug-likeness (QED) is 0.661. The van der Waals surface area contributed by atoms with Gasteiger partial charge >= 0.3 is 0 Å². The molecular weight excluding hydrogens is 324 g/mol. The van der Waals surface area contributed by atoms with Crippen LogP contribution >= 0.6 is 0 Å². The van der Waals surface area contributed by atoms with Gasteiger partial charge in [0.05, 0.1) is 12.2 Å². The molecule has 2 atom stereocenters. The number of aliphatic hydroxyl groups excluding tert-OH is 2. The standard InChI is InChI=1S/C22H24N2O2/c1-13-17(21(25)9-7-19(13)23)11-15-3-5-16(6-4-15)12-18-14(2)20(24)8-10-22(18)26/h3-12,21-22,25-26H,23-24H2,1-2H3. The molecule has 6 N–H and O–H groups in total. The van der Waals surface area contributed by atoms with Crippen molar-refractivity contribution < 1.29 is 10.2 Å². The molecule has 2 aliphatic carbocycles. The molecule has 2 unspecified atom stereocenters. The van der Waals surface area contributed by atoms with Crippen molar-refractivity contribution in [1.82, 2.24) is 0 Å². The third-order valence-corrected chi connectivity index (χ3v) is 4.87. The van der Waals surface area contributed by atoms with Crippen molar-refractivity contribution in [2.45, 2.75) is 26.1 Å². The molecular formula is C22H24N2O2. The van der Waals surface area contributed by atoms with Gasteiger partial charge in [-0.15, -0.1) is 0 Å². The topological polar surface area (TPSA) is 92.5 Å². The maximum Gasteiger partial charge on any atom is 0.0979 e. The zero-order valence-corrected chi connectivity index (χ0v) is 15.0. The summed E-state index contributed by atoms with van der Waals surface area (Å²) in [5.74, 6) is 0. The van der Waals surface area contributed by atoms with Gasteiger partial charge in [0.1, 0.15) is 0 Å². The molecule has 0 fully saturated rings. The molecule has 2 aliphatic rings. The van der Waals surface area contributed by atoms with Gasteiger partial charge in [0.25, 0.3) is 0 Å². The largest absolute Gasteiger partial charge is 0.399 e. The van der Waals surface area contributed by atoms with E-state index >= 15 is 0 Å². The summed E-state index contributed by atoms with van der Waals surface area (Å²) in [6, 6.07) is 7.89. The first-order chi connectivity index (χ1) is 12.4. The van der Waals surface area contributed by atoms with Gasteiger partial charge in [-0.1, -0.05) is 24.3 Å². The Kier molecular flexibility index (Phi) is 4.98. The van der Waals surface area contributed by atoms with E-state index in [-0.39, 0.29) is 0 Å². The molecule has 0 radical (unpaired) electrons. The first-order valence-corrected chi connectivity index (χ1v) is 8.56. The fourth-order valence-electron chi connectivity index (χ4n) is 3.06. The summed E-state index contributed by atoms with van der Waals surface area (Å²) in [7, 11) is 0. The van der Waals surface area contributed by atoms with Crippen LogP contribution in [0.15, 0.2) is 82.3 Å². The molecule has 0 amide bonds. The lowest BCUT2D eigenvalue weighted by molar-refractivity contribution is 0.260. The van der Waals surface area contributed by atoms with E-state index in [1.807, 2.05) is 50.3 Å². The molecule has 4 heteroatoms. The third kappa shape index (κ3) is 3.57.